The number of carbonyl (C=O) groups excluding carboxylic acids is 2. The number of nitrogens with zero attached hydrogens (tertiary/aromatic N) is 6. The highest BCUT2D eigenvalue weighted by Crippen LogP contribution is 2.05. The number of likely N-dealkylation sites (N-methyl/N-ethyl adjacent to an activating group) is 2. The number of amides is 2. The van der Waals surface area contributed by atoms with Crippen molar-refractivity contribution in [2.75, 3.05) is 66.5 Å². The fourth-order valence-electron chi connectivity index (χ4n) is 2.65. The Balaban J connectivity index is 2.38. The Hall–Kier alpha value is -2.16. The molecule has 0 spiro atoms. The lowest BCUT2D eigenvalue weighted by Gasteiger charge is -2.24. The lowest BCUT2D eigenvalue weighted by atomic mass is 10.3. The molecule has 2 amide bonds. The van der Waals surface area contributed by atoms with E-state index < -0.39 is 0 Å². The molecule has 0 aromatic carbocycles. The zero-order chi connectivity index (χ0) is 18.7. The molecule has 8 heteroatoms. The molecule has 25 heavy (non-hydrogen) atoms. The summed E-state index contributed by atoms with van der Waals surface area (Å²) in [5.41, 5.74) is 0. The van der Waals surface area contributed by atoms with E-state index in [0.29, 0.717) is 39.0 Å². The standard InChI is InChI=1S/C17H28N6O2/c1-20(8-3-6-18)16(24)14-22-10-5-11-23(13-12-22)15-17(25)21(2)9-4-7-19/h3-5,8-15H2,1-2H3. The fraction of sp³-hybridized carbons (Fsp3) is 0.765. The molecule has 0 aliphatic carbocycles. The summed E-state index contributed by atoms with van der Waals surface area (Å²) in [4.78, 5) is 31.7. The van der Waals surface area contributed by atoms with Gasteiger partial charge in [0.15, 0.2) is 0 Å². The summed E-state index contributed by atoms with van der Waals surface area (Å²) in [5, 5.41) is 17.2. The number of carbonyl (C=O) groups is 2. The van der Waals surface area contributed by atoms with Gasteiger partial charge in [-0.15, -0.1) is 0 Å². The molecule has 0 aromatic rings. The van der Waals surface area contributed by atoms with Crippen LogP contribution in [0.5, 0.6) is 0 Å². The summed E-state index contributed by atoms with van der Waals surface area (Å²) in [6, 6.07) is 4.09. The minimum absolute atomic E-state index is 0.0241. The highest BCUT2D eigenvalue weighted by atomic mass is 16.2. The molecule has 1 aliphatic rings. The van der Waals surface area contributed by atoms with E-state index in [9.17, 15) is 9.59 Å². The summed E-state index contributed by atoms with van der Waals surface area (Å²) in [5.74, 6) is 0.0482. The second-order valence-electron chi connectivity index (χ2n) is 6.35. The van der Waals surface area contributed by atoms with Gasteiger partial charge in [0.05, 0.1) is 38.1 Å². The van der Waals surface area contributed by atoms with Crippen molar-refractivity contribution in [2.45, 2.75) is 19.3 Å². The van der Waals surface area contributed by atoms with Gasteiger partial charge in [0.25, 0.3) is 0 Å². The van der Waals surface area contributed by atoms with Crippen LogP contribution >= 0.6 is 0 Å². The van der Waals surface area contributed by atoms with Crippen LogP contribution in [-0.4, -0.2) is 97.9 Å². The Morgan fingerprint density at radius 3 is 1.60 bits per heavy atom. The molecule has 8 nitrogen and oxygen atoms in total. The molecule has 0 N–H and O–H groups in total. The topological polar surface area (TPSA) is 94.7 Å². The Morgan fingerprint density at radius 1 is 0.840 bits per heavy atom. The van der Waals surface area contributed by atoms with Crippen molar-refractivity contribution in [2.24, 2.45) is 0 Å². The van der Waals surface area contributed by atoms with E-state index >= 15 is 0 Å². The van der Waals surface area contributed by atoms with Crippen LogP contribution in [-0.2, 0) is 9.59 Å². The summed E-state index contributed by atoms with van der Waals surface area (Å²) in [6.07, 6.45) is 1.60. The van der Waals surface area contributed by atoms with Crippen LogP contribution in [0.25, 0.3) is 0 Å². The predicted octanol–water partition coefficient (Wildman–Crippen LogP) is -0.262. The van der Waals surface area contributed by atoms with Gasteiger partial charge in [0.2, 0.25) is 11.8 Å². The van der Waals surface area contributed by atoms with Crippen molar-refractivity contribution in [3.8, 4) is 12.1 Å². The minimum Gasteiger partial charge on any atom is -0.344 e. The number of rotatable bonds is 8. The van der Waals surface area contributed by atoms with E-state index in [4.69, 9.17) is 10.5 Å². The maximum absolute atomic E-state index is 12.2. The molecule has 0 aromatic heterocycles. The maximum Gasteiger partial charge on any atom is 0.236 e. The van der Waals surface area contributed by atoms with Crippen molar-refractivity contribution in [3.05, 3.63) is 0 Å². The smallest absolute Gasteiger partial charge is 0.236 e. The average Bonchev–Trinajstić information content (AvgIpc) is 2.82. The van der Waals surface area contributed by atoms with Gasteiger partial charge in [-0.05, 0) is 19.5 Å². The van der Waals surface area contributed by atoms with Gasteiger partial charge >= 0.3 is 0 Å². The molecule has 1 saturated heterocycles. The van der Waals surface area contributed by atoms with E-state index in [2.05, 4.69) is 9.80 Å². The van der Waals surface area contributed by atoms with Gasteiger partial charge in [0.1, 0.15) is 0 Å². The van der Waals surface area contributed by atoms with Crippen LogP contribution < -0.4 is 0 Å². The van der Waals surface area contributed by atoms with Gasteiger partial charge in [-0.25, -0.2) is 0 Å². The van der Waals surface area contributed by atoms with Gasteiger partial charge in [-0.3, -0.25) is 19.4 Å². The lowest BCUT2D eigenvalue weighted by molar-refractivity contribution is -0.132. The van der Waals surface area contributed by atoms with Crippen molar-refractivity contribution >= 4 is 11.8 Å². The molecule has 0 bridgehead atoms. The quantitative estimate of drug-likeness (QED) is 0.600. The molecule has 0 atom stereocenters. The van der Waals surface area contributed by atoms with Crippen LogP contribution in [0.3, 0.4) is 0 Å². The normalized spacial score (nSPS) is 15.7. The maximum atomic E-state index is 12.2. The van der Waals surface area contributed by atoms with Gasteiger partial charge < -0.3 is 9.80 Å². The summed E-state index contributed by atoms with van der Waals surface area (Å²) < 4.78 is 0. The number of hydrogen-bond donors (Lipinski definition) is 0. The zero-order valence-electron chi connectivity index (χ0n) is 15.3. The van der Waals surface area contributed by atoms with Crippen LogP contribution in [0.1, 0.15) is 19.3 Å². The van der Waals surface area contributed by atoms with Gasteiger partial charge in [-0.1, -0.05) is 0 Å². The summed E-state index contributed by atoms with van der Waals surface area (Å²) >= 11 is 0. The Morgan fingerprint density at radius 2 is 1.24 bits per heavy atom. The molecule has 1 rings (SSSR count). The first kappa shape index (κ1) is 20.9. The highest BCUT2D eigenvalue weighted by Gasteiger charge is 2.21. The first-order valence-electron chi connectivity index (χ1n) is 8.64. The van der Waals surface area contributed by atoms with E-state index in [1.54, 1.807) is 23.9 Å². The monoisotopic (exact) mass is 348 g/mol. The van der Waals surface area contributed by atoms with Crippen molar-refractivity contribution in [1.29, 1.82) is 10.5 Å². The Labute approximate surface area is 150 Å². The van der Waals surface area contributed by atoms with E-state index in [0.717, 1.165) is 32.6 Å². The predicted molar refractivity (Wildman–Crippen MR) is 93.2 cm³/mol. The molecule has 0 saturated carbocycles. The van der Waals surface area contributed by atoms with Crippen molar-refractivity contribution in [1.82, 2.24) is 19.6 Å². The minimum atomic E-state index is 0.0241. The largest absolute Gasteiger partial charge is 0.344 e. The second-order valence-corrected chi connectivity index (χ2v) is 6.35. The van der Waals surface area contributed by atoms with E-state index in [1.165, 1.54) is 0 Å². The van der Waals surface area contributed by atoms with Crippen molar-refractivity contribution < 1.29 is 9.59 Å². The Kier molecular flexibility index (Phi) is 9.53. The molecular formula is C17H28N6O2. The van der Waals surface area contributed by atoms with E-state index in [1.807, 2.05) is 12.1 Å². The van der Waals surface area contributed by atoms with Gasteiger partial charge in [0, 0.05) is 40.3 Å². The molecule has 1 heterocycles. The summed E-state index contributed by atoms with van der Waals surface area (Å²) in [7, 11) is 3.44. The molecule has 0 radical (unpaired) electrons. The molecular weight excluding hydrogens is 320 g/mol. The number of nitriles is 2. The summed E-state index contributed by atoms with van der Waals surface area (Å²) in [6.45, 7) is 4.76. The molecule has 138 valence electrons. The molecule has 1 fully saturated rings. The third-order valence-corrected chi connectivity index (χ3v) is 4.37. The van der Waals surface area contributed by atoms with Crippen LogP contribution in [0.15, 0.2) is 0 Å². The second kappa shape index (κ2) is 11.4. The van der Waals surface area contributed by atoms with E-state index in [-0.39, 0.29) is 11.8 Å². The fourth-order valence-corrected chi connectivity index (χ4v) is 2.65. The highest BCUT2D eigenvalue weighted by molar-refractivity contribution is 5.78. The Bertz CT molecular complexity index is 478. The van der Waals surface area contributed by atoms with Crippen LogP contribution in [0.4, 0.5) is 0 Å². The lowest BCUT2D eigenvalue weighted by Crippen LogP contribution is -2.42. The molecule has 0 unspecified atom stereocenters. The van der Waals surface area contributed by atoms with Crippen molar-refractivity contribution in [3.63, 3.8) is 0 Å². The van der Waals surface area contributed by atoms with Crippen LogP contribution in [0.2, 0.25) is 0 Å². The zero-order valence-corrected chi connectivity index (χ0v) is 15.3. The molecule has 1 aliphatic heterocycles. The van der Waals surface area contributed by atoms with Crippen LogP contribution in [0, 0.1) is 22.7 Å². The SMILES string of the molecule is CN(CCC#N)C(=O)CN1CCCN(CC(=O)N(C)CCC#N)CC1. The number of hydrogen-bond acceptors (Lipinski definition) is 6. The first-order chi connectivity index (χ1) is 12.0. The van der Waals surface area contributed by atoms with Gasteiger partial charge in [-0.2, -0.15) is 10.5 Å². The first-order valence-corrected chi connectivity index (χ1v) is 8.64. The average molecular weight is 348 g/mol. The third kappa shape index (κ3) is 7.97. The third-order valence-electron chi connectivity index (χ3n) is 4.37.